The summed E-state index contributed by atoms with van der Waals surface area (Å²) in [4.78, 5) is 40.3. The Hall–Kier alpha value is -3.42. The molecule has 8 heteroatoms. The smallest absolute Gasteiger partial charge is 0.339 e. The Morgan fingerprint density at radius 3 is 2.42 bits per heavy atom. The van der Waals surface area contributed by atoms with Crippen LogP contribution in [0.15, 0.2) is 36.5 Å². The number of carbonyl (C=O) groups excluding carboxylic acids is 3. The fourth-order valence-corrected chi connectivity index (χ4v) is 2.19. The molecule has 1 amide bonds. The zero-order valence-corrected chi connectivity index (χ0v) is 14.6. The Morgan fingerprint density at radius 1 is 1.04 bits per heavy atom. The number of amides is 1. The van der Waals surface area contributed by atoms with E-state index in [-0.39, 0.29) is 28.3 Å². The molecule has 0 saturated heterocycles. The maximum atomic E-state index is 12.6. The van der Waals surface area contributed by atoms with E-state index in [0.29, 0.717) is 6.61 Å². The van der Waals surface area contributed by atoms with Gasteiger partial charge in [-0.1, -0.05) is 0 Å². The molecular formula is C18H18N2O6. The van der Waals surface area contributed by atoms with E-state index in [2.05, 4.69) is 15.0 Å². The van der Waals surface area contributed by atoms with Gasteiger partial charge in [-0.2, -0.15) is 0 Å². The van der Waals surface area contributed by atoms with E-state index in [1.54, 1.807) is 13.0 Å². The largest absolute Gasteiger partial charge is 0.477 e. The highest BCUT2D eigenvalue weighted by Crippen LogP contribution is 2.22. The summed E-state index contributed by atoms with van der Waals surface area (Å²) in [7, 11) is 2.45. The van der Waals surface area contributed by atoms with Crippen LogP contribution in [-0.4, -0.2) is 43.7 Å². The second-order valence-corrected chi connectivity index (χ2v) is 4.99. The van der Waals surface area contributed by atoms with Crippen molar-refractivity contribution >= 4 is 23.5 Å². The fourth-order valence-electron chi connectivity index (χ4n) is 2.19. The third-order valence-electron chi connectivity index (χ3n) is 3.39. The van der Waals surface area contributed by atoms with Crippen LogP contribution in [-0.2, 0) is 9.47 Å². The lowest BCUT2D eigenvalue weighted by Crippen LogP contribution is -2.18. The maximum Gasteiger partial charge on any atom is 0.339 e. The molecule has 0 aliphatic carbocycles. The topological polar surface area (TPSA) is 104 Å². The van der Waals surface area contributed by atoms with Crippen molar-refractivity contribution in [3.63, 3.8) is 0 Å². The first-order valence-corrected chi connectivity index (χ1v) is 7.71. The number of benzene rings is 1. The predicted octanol–water partition coefficient (Wildman–Crippen LogP) is 2.31. The number of anilines is 1. The van der Waals surface area contributed by atoms with Crippen molar-refractivity contribution in [2.24, 2.45) is 0 Å². The summed E-state index contributed by atoms with van der Waals surface area (Å²) in [6.07, 6.45) is 1.50. The maximum absolute atomic E-state index is 12.6. The molecule has 136 valence electrons. The second kappa shape index (κ2) is 8.61. The van der Waals surface area contributed by atoms with Crippen LogP contribution in [0.3, 0.4) is 0 Å². The monoisotopic (exact) mass is 358 g/mol. The number of hydrogen-bond donors (Lipinski definition) is 1. The Kier molecular flexibility index (Phi) is 6.26. The summed E-state index contributed by atoms with van der Waals surface area (Å²) in [6.45, 7) is 2.11. The van der Waals surface area contributed by atoms with Crippen molar-refractivity contribution in [1.82, 2.24) is 4.98 Å². The Balaban J connectivity index is 2.41. The van der Waals surface area contributed by atoms with Crippen LogP contribution in [0.5, 0.6) is 5.88 Å². The summed E-state index contributed by atoms with van der Waals surface area (Å²) < 4.78 is 14.7. The van der Waals surface area contributed by atoms with Gasteiger partial charge in [0.1, 0.15) is 5.56 Å². The van der Waals surface area contributed by atoms with Gasteiger partial charge < -0.3 is 19.5 Å². The summed E-state index contributed by atoms with van der Waals surface area (Å²) in [5, 5.41) is 2.59. The molecule has 1 heterocycles. The highest BCUT2D eigenvalue weighted by molar-refractivity contribution is 6.09. The van der Waals surface area contributed by atoms with Gasteiger partial charge in [-0.15, -0.1) is 0 Å². The normalized spacial score (nSPS) is 9.96. The first kappa shape index (κ1) is 18.9. The van der Waals surface area contributed by atoms with Gasteiger partial charge in [0, 0.05) is 6.20 Å². The lowest BCUT2D eigenvalue weighted by Gasteiger charge is -2.13. The highest BCUT2D eigenvalue weighted by atomic mass is 16.5. The molecular weight excluding hydrogens is 340 g/mol. The van der Waals surface area contributed by atoms with Gasteiger partial charge in [-0.05, 0) is 37.3 Å². The van der Waals surface area contributed by atoms with Gasteiger partial charge in [0.2, 0.25) is 5.88 Å². The molecule has 1 aromatic carbocycles. The minimum atomic E-state index is -0.659. The molecule has 0 fully saturated rings. The molecule has 0 unspecified atom stereocenters. The van der Waals surface area contributed by atoms with Crippen LogP contribution in [0.25, 0.3) is 0 Å². The van der Waals surface area contributed by atoms with E-state index in [1.807, 2.05) is 0 Å². The first-order valence-electron chi connectivity index (χ1n) is 7.71. The third-order valence-corrected chi connectivity index (χ3v) is 3.39. The predicted molar refractivity (Wildman–Crippen MR) is 92.5 cm³/mol. The number of aromatic nitrogens is 1. The average Bonchev–Trinajstić information content (AvgIpc) is 2.67. The molecule has 1 N–H and O–H groups in total. The first-order chi connectivity index (χ1) is 12.5. The van der Waals surface area contributed by atoms with Crippen molar-refractivity contribution < 1.29 is 28.6 Å². The van der Waals surface area contributed by atoms with E-state index in [1.165, 1.54) is 44.7 Å². The van der Waals surface area contributed by atoms with Gasteiger partial charge in [0.15, 0.2) is 0 Å². The number of nitrogens with one attached hydrogen (secondary N) is 1. The average molecular weight is 358 g/mol. The zero-order valence-electron chi connectivity index (χ0n) is 14.6. The van der Waals surface area contributed by atoms with E-state index < -0.39 is 17.8 Å². The van der Waals surface area contributed by atoms with Crippen molar-refractivity contribution in [2.75, 3.05) is 26.1 Å². The van der Waals surface area contributed by atoms with Crippen LogP contribution in [0, 0.1) is 0 Å². The number of hydrogen-bond acceptors (Lipinski definition) is 7. The van der Waals surface area contributed by atoms with Crippen LogP contribution < -0.4 is 10.1 Å². The Bertz CT molecular complexity index is 834. The summed E-state index contributed by atoms with van der Waals surface area (Å²) in [5.74, 6) is -1.65. The number of pyridine rings is 1. The molecule has 2 aromatic rings. The van der Waals surface area contributed by atoms with E-state index >= 15 is 0 Å². The molecule has 0 radical (unpaired) electrons. The van der Waals surface area contributed by atoms with Gasteiger partial charge in [0.25, 0.3) is 5.91 Å². The van der Waals surface area contributed by atoms with Crippen molar-refractivity contribution in [1.29, 1.82) is 0 Å². The molecule has 8 nitrogen and oxygen atoms in total. The van der Waals surface area contributed by atoms with Crippen LogP contribution in [0.1, 0.15) is 38.0 Å². The van der Waals surface area contributed by atoms with Crippen LogP contribution in [0.4, 0.5) is 5.69 Å². The molecule has 0 aliphatic rings. The number of methoxy groups -OCH3 is 2. The van der Waals surface area contributed by atoms with E-state index in [0.717, 1.165) is 0 Å². The van der Waals surface area contributed by atoms with Crippen molar-refractivity contribution in [3.05, 3.63) is 53.2 Å². The van der Waals surface area contributed by atoms with Gasteiger partial charge >= 0.3 is 11.9 Å². The van der Waals surface area contributed by atoms with E-state index in [9.17, 15) is 14.4 Å². The standard InChI is InChI=1S/C18H18N2O6/c1-4-26-16-13(6-5-9-19-16)15(21)20-14-10-11(17(22)24-2)7-8-12(14)18(23)25-3/h5-10H,4H2,1-3H3,(H,20,21). The molecule has 0 atom stereocenters. The van der Waals surface area contributed by atoms with Gasteiger partial charge in [-0.25, -0.2) is 14.6 Å². The number of ether oxygens (including phenoxy) is 3. The fraction of sp³-hybridized carbons (Fsp3) is 0.222. The summed E-state index contributed by atoms with van der Waals surface area (Å²) >= 11 is 0. The summed E-state index contributed by atoms with van der Waals surface area (Å²) in [6, 6.07) is 7.25. The number of esters is 2. The molecule has 26 heavy (non-hydrogen) atoms. The second-order valence-electron chi connectivity index (χ2n) is 4.99. The van der Waals surface area contributed by atoms with Crippen molar-refractivity contribution in [3.8, 4) is 5.88 Å². The third kappa shape index (κ3) is 4.15. The minimum absolute atomic E-state index is 0.0929. The molecule has 0 aliphatic heterocycles. The lowest BCUT2D eigenvalue weighted by molar-refractivity contribution is 0.0587. The zero-order chi connectivity index (χ0) is 19.1. The van der Waals surface area contributed by atoms with Crippen LogP contribution >= 0.6 is 0 Å². The molecule has 0 spiro atoms. The number of rotatable bonds is 6. The SMILES string of the molecule is CCOc1ncccc1C(=O)Nc1cc(C(=O)OC)ccc1C(=O)OC. The molecule has 2 rings (SSSR count). The van der Waals surface area contributed by atoms with Crippen molar-refractivity contribution in [2.45, 2.75) is 6.92 Å². The number of carbonyl (C=O) groups is 3. The van der Waals surface area contributed by atoms with Gasteiger partial charge in [-0.3, -0.25) is 4.79 Å². The molecule has 0 saturated carbocycles. The number of nitrogens with zero attached hydrogens (tertiary/aromatic N) is 1. The Morgan fingerprint density at radius 2 is 1.77 bits per heavy atom. The minimum Gasteiger partial charge on any atom is -0.477 e. The quantitative estimate of drug-likeness (QED) is 0.790. The lowest BCUT2D eigenvalue weighted by atomic mass is 10.1. The van der Waals surface area contributed by atoms with Gasteiger partial charge in [0.05, 0.1) is 37.6 Å². The summed E-state index contributed by atoms with van der Waals surface area (Å²) in [5.41, 5.74) is 0.562. The van der Waals surface area contributed by atoms with Crippen LogP contribution in [0.2, 0.25) is 0 Å². The van der Waals surface area contributed by atoms with E-state index in [4.69, 9.17) is 9.47 Å². The molecule has 1 aromatic heterocycles. The molecule has 0 bridgehead atoms. The Labute approximate surface area is 150 Å². The highest BCUT2D eigenvalue weighted by Gasteiger charge is 2.20.